The lowest BCUT2D eigenvalue weighted by Crippen LogP contribution is -2.13. The first-order chi connectivity index (χ1) is 21.3. The van der Waals surface area contributed by atoms with Crippen LogP contribution in [0.5, 0.6) is 23.0 Å². The number of nitriles is 1. The summed E-state index contributed by atoms with van der Waals surface area (Å²) in [7, 11) is 1.48. The Morgan fingerprint density at radius 3 is 2.41 bits per heavy atom. The van der Waals surface area contributed by atoms with Crippen molar-refractivity contribution >= 4 is 39.3 Å². The first-order valence-corrected chi connectivity index (χ1v) is 14.2. The average Bonchev–Trinajstić information content (AvgIpc) is 3.03. The van der Waals surface area contributed by atoms with Crippen molar-refractivity contribution in [1.82, 2.24) is 0 Å². The minimum Gasteiger partial charge on any atom is -0.493 e. The molecule has 0 fully saturated rings. The van der Waals surface area contributed by atoms with E-state index in [0.717, 1.165) is 11.1 Å². The molecule has 0 saturated carbocycles. The predicted molar refractivity (Wildman–Crippen MR) is 169 cm³/mol. The number of halogens is 1. The Bertz CT molecular complexity index is 1720. The van der Waals surface area contributed by atoms with Crippen molar-refractivity contribution in [2.45, 2.75) is 20.1 Å². The van der Waals surface area contributed by atoms with Gasteiger partial charge in [-0.25, -0.2) is 0 Å². The number of rotatable bonds is 13. The summed E-state index contributed by atoms with van der Waals surface area (Å²) in [6, 6.07) is 26.1. The van der Waals surface area contributed by atoms with E-state index in [0.29, 0.717) is 46.2 Å². The van der Waals surface area contributed by atoms with E-state index in [-0.39, 0.29) is 23.6 Å². The van der Waals surface area contributed by atoms with E-state index in [1.807, 2.05) is 61.5 Å². The predicted octanol–water partition coefficient (Wildman–Crippen LogP) is 7.47. The Balaban J connectivity index is 1.48. The summed E-state index contributed by atoms with van der Waals surface area (Å²) in [6.45, 7) is 2.97. The van der Waals surface area contributed by atoms with Crippen molar-refractivity contribution in [3.05, 3.63) is 122 Å². The van der Waals surface area contributed by atoms with Crippen LogP contribution in [-0.4, -0.2) is 24.5 Å². The summed E-state index contributed by atoms with van der Waals surface area (Å²) < 4.78 is 24.0. The summed E-state index contributed by atoms with van der Waals surface area (Å²) >= 11 is 3.50. The molecule has 0 unspecified atom stereocenters. The van der Waals surface area contributed by atoms with Gasteiger partial charge < -0.3 is 24.3 Å². The van der Waals surface area contributed by atoms with Crippen molar-refractivity contribution < 1.29 is 28.7 Å². The van der Waals surface area contributed by atoms with Gasteiger partial charge in [-0.3, -0.25) is 14.9 Å². The Morgan fingerprint density at radius 1 is 0.932 bits per heavy atom. The standard InChI is InChI=1S/C33H28BrN3O7/c1-3-42-30-16-23(12-13-29(30)43-20-22-8-5-4-6-9-22)21-44-32-28(34)15-24(17-31(32)41-2)14-25(19-35)33(38)36-26-10-7-11-27(18-26)37(39)40/h4-18H,3,20-21H2,1-2H3,(H,36,38)/b25-14-. The number of nitro groups is 1. The molecule has 0 aliphatic rings. The summed E-state index contributed by atoms with van der Waals surface area (Å²) in [5.74, 6) is 1.30. The van der Waals surface area contributed by atoms with Gasteiger partial charge in [-0.05, 0) is 76.0 Å². The van der Waals surface area contributed by atoms with Crippen molar-refractivity contribution in [3.63, 3.8) is 0 Å². The fourth-order valence-corrected chi connectivity index (χ4v) is 4.67. The second-order valence-corrected chi connectivity index (χ2v) is 10.1. The number of hydrogen-bond donors (Lipinski definition) is 1. The highest BCUT2D eigenvalue weighted by Crippen LogP contribution is 2.38. The van der Waals surface area contributed by atoms with Crippen molar-refractivity contribution in [1.29, 1.82) is 5.26 Å². The van der Waals surface area contributed by atoms with E-state index in [1.165, 1.54) is 37.5 Å². The number of nitro benzene ring substituents is 1. The highest BCUT2D eigenvalue weighted by molar-refractivity contribution is 9.10. The number of carbonyl (C=O) groups is 1. The lowest BCUT2D eigenvalue weighted by Gasteiger charge is -2.16. The van der Waals surface area contributed by atoms with E-state index in [1.54, 1.807) is 12.1 Å². The minimum atomic E-state index is -0.718. The van der Waals surface area contributed by atoms with E-state index < -0.39 is 10.8 Å². The number of amides is 1. The molecule has 0 spiro atoms. The number of carbonyl (C=O) groups excluding carboxylic acids is 1. The van der Waals surface area contributed by atoms with E-state index >= 15 is 0 Å². The van der Waals surface area contributed by atoms with Gasteiger partial charge >= 0.3 is 0 Å². The second kappa shape index (κ2) is 15.2. The number of nitrogens with zero attached hydrogens (tertiary/aromatic N) is 2. The van der Waals surface area contributed by atoms with Gasteiger partial charge in [-0.1, -0.05) is 42.5 Å². The topological polar surface area (TPSA) is 133 Å². The van der Waals surface area contributed by atoms with Crippen LogP contribution < -0.4 is 24.3 Å². The largest absolute Gasteiger partial charge is 0.493 e. The molecule has 44 heavy (non-hydrogen) atoms. The average molecular weight is 659 g/mol. The minimum absolute atomic E-state index is 0.184. The van der Waals surface area contributed by atoms with Gasteiger partial charge in [0.05, 0.1) is 23.1 Å². The SMILES string of the molecule is CCOc1cc(COc2c(Br)cc(/C=C(/C#N)C(=O)Nc3cccc([N+](=O)[O-])c3)cc2OC)ccc1OCc1ccccc1. The molecule has 0 heterocycles. The first-order valence-electron chi connectivity index (χ1n) is 13.4. The monoisotopic (exact) mass is 657 g/mol. The number of nitrogens with one attached hydrogen (secondary N) is 1. The Hall–Kier alpha value is -5.34. The molecule has 4 rings (SSSR count). The van der Waals surface area contributed by atoms with Gasteiger partial charge in [-0.15, -0.1) is 0 Å². The molecule has 4 aromatic carbocycles. The number of benzene rings is 4. The molecule has 11 heteroatoms. The lowest BCUT2D eigenvalue weighted by molar-refractivity contribution is -0.384. The zero-order chi connectivity index (χ0) is 31.5. The first kappa shape index (κ1) is 31.6. The van der Waals surface area contributed by atoms with Crippen LogP contribution >= 0.6 is 15.9 Å². The maximum absolute atomic E-state index is 12.7. The van der Waals surface area contributed by atoms with Gasteiger partial charge in [0.2, 0.25) is 0 Å². The second-order valence-electron chi connectivity index (χ2n) is 9.24. The fourth-order valence-electron chi connectivity index (χ4n) is 4.09. The number of methoxy groups -OCH3 is 1. The molecular weight excluding hydrogens is 630 g/mol. The van der Waals surface area contributed by atoms with Crippen LogP contribution in [0.3, 0.4) is 0 Å². The van der Waals surface area contributed by atoms with Gasteiger partial charge in [0.15, 0.2) is 23.0 Å². The quantitative estimate of drug-likeness (QED) is 0.0677. The maximum atomic E-state index is 12.7. The number of non-ortho nitro benzene ring substituents is 1. The number of hydrogen-bond acceptors (Lipinski definition) is 8. The molecule has 0 aliphatic carbocycles. The van der Waals surface area contributed by atoms with Gasteiger partial charge in [-0.2, -0.15) is 5.26 Å². The van der Waals surface area contributed by atoms with Crippen molar-refractivity contribution in [2.75, 3.05) is 19.0 Å². The molecule has 4 aromatic rings. The third-order valence-corrected chi connectivity index (χ3v) is 6.76. The third-order valence-electron chi connectivity index (χ3n) is 6.17. The molecule has 1 N–H and O–H groups in total. The fraction of sp³-hybridized carbons (Fsp3) is 0.152. The van der Waals surface area contributed by atoms with Gasteiger partial charge in [0.25, 0.3) is 11.6 Å². The van der Waals surface area contributed by atoms with Crippen LogP contribution in [0.1, 0.15) is 23.6 Å². The van der Waals surface area contributed by atoms with Crippen LogP contribution in [-0.2, 0) is 18.0 Å². The molecule has 224 valence electrons. The van der Waals surface area contributed by atoms with E-state index in [2.05, 4.69) is 21.2 Å². The van der Waals surface area contributed by atoms with Crippen molar-refractivity contribution in [2.24, 2.45) is 0 Å². The Labute approximate surface area is 262 Å². The van der Waals surface area contributed by atoms with E-state index in [9.17, 15) is 20.2 Å². The molecule has 0 saturated heterocycles. The zero-order valence-corrected chi connectivity index (χ0v) is 25.5. The molecule has 0 radical (unpaired) electrons. The van der Waals surface area contributed by atoms with Gasteiger partial charge in [0.1, 0.15) is 24.9 Å². The molecular formula is C33H28BrN3O7. The normalized spacial score (nSPS) is 10.8. The Morgan fingerprint density at radius 2 is 1.70 bits per heavy atom. The molecule has 0 aromatic heterocycles. The molecule has 1 amide bonds. The van der Waals surface area contributed by atoms with Crippen molar-refractivity contribution in [3.8, 4) is 29.1 Å². The van der Waals surface area contributed by atoms with Crippen LogP contribution in [0.25, 0.3) is 6.08 Å². The van der Waals surface area contributed by atoms with E-state index in [4.69, 9.17) is 18.9 Å². The molecule has 0 bridgehead atoms. The van der Waals surface area contributed by atoms with Crippen LogP contribution in [0.4, 0.5) is 11.4 Å². The summed E-state index contributed by atoms with van der Waals surface area (Å²) in [5.41, 5.74) is 2.17. The highest BCUT2D eigenvalue weighted by atomic mass is 79.9. The molecule has 0 atom stereocenters. The number of ether oxygens (including phenoxy) is 4. The molecule has 0 aliphatic heterocycles. The number of anilines is 1. The summed E-state index contributed by atoms with van der Waals surface area (Å²) in [4.78, 5) is 23.2. The smallest absolute Gasteiger partial charge is 0.271 e. The van der Waals surface area contributed by atoms with Crippen LogP contribution in [0, 0.1) is 21.4 Å². The summed E-state index contributed by atoms with van der Waals surface area (Å²) in [5, 5.41) is 23.2. The zero-order valence-electron chi connectivity index (χ0n) is 23.9. The Kier molecular flexibility index (Phi) is 10.9. The maximum Gasteiger partial charge on any atom is 0.271 e. The molecule has 10 nitrogen and oxygen atoms in total. The third kappa shape index (κ3) is 8.36. The van der Waals surface area contributed by atoms with Crippen LogP contribution in [0.2, 0.25) is 0 Å². The van der Waals surface area contributed by atoms with Crippen LogP contribution in [0.15, 0.2) is 95.0 Å². The summed E-state index contributed by atoms with van der Waals surface area (Å²) in [6.07, 6.45) is 1.38. The lowest BCUT2D eigenvalue weighted by atomic mass is 10.1. The highest BCUT2D eigenvalue weighted by Gasteiger charge is 2.16. The van der Waals surface area contributed by atoms with Gasteiger partial charge in [0, 0.05) is 17.8 Å².